The van der Waals surface area contributed by atoms with E-state index >= 15 is 0 Å². The SMILES string of the molecule is COc1ccc([C@H](C)N)c(OCc2cccc(F)c2)c1. The number of hydrogen-bond donors (Lipinski definition) is 1. The lowest BCUT2D eigenvalue weighted by Gasteiger charge is -2.15. The van der Waals surface area contributed by atoms with Gasteiger partial charge >= 0.3 is 0 Å². The highest BCUT2D eigenvalue weighted by Crippen LogP contribution is 2.29. The van der Waals surface area contributed by atoms with Crippen molar-refractivity contribution in [2.75, 3.05) is 7.11 Å². The Kier molecular flexibility index (Phi) is 4.58. The van der Waals surface area contributed by atoms with Crippen molar-refractivity contribution in [3.05, 3.63) is 59.4 Å². The predicted octanol–water partition coefficient (Wildman–Crippen LogP) is 3.43. The van der Waals surface area contributed by atoms with Crippen molar-refractivity contribution >= 4 is 0 Å². The van der Waals surface area contributed by atoms with Crippen molar-refractivity contribution in [2.45, 2.75) is 19.6 Å². The molecule has 3 nitrogen and oxygen atoms in total. The van der Waals surface area contributed by atoms with Gasteiger partial charge in [0.15, 0.2) is 0 Å². The fraction of sp³-hybridized carbons (Fsp3) is 0.250. The summed E-state index contributed by atoms with van der Waals surface area (Å²) in [6.45, 7) is 2.17. The number of benzene rings is 2. The van der Waals surface area contributed by atoms with Crippen LogP contribution in [0.5, 0.6) is 11.5 Å². The van der Waals surface area contributed by atoms with E-state index in [1.54, 1.807) is 19.2 Å². The monoisotopic (exact) mass is 275 g/mol. The Morgan fingerprint density at radius 3 is 2.65 bits per heavy atom. The first-order chi connectivity index (χ1) is 9.60. The maximum Gasteiger partial charge on any atom is 0.128 e. The van der Waals surface area contributed by atoms with Crippen LogP contribution in [0.15, 0.2) is 42.5 Å². The molecule has 2 aromatic carbocycles. The maximum atomic E-state index is 13.1. The third kappa shape index (κ3) is 3.48. The van der Waals surface area contributed by atoms with Gasteiger partial charge in [0.2, 0.25) is 0 Å². The standard InChI is InChI=1S/C16H18FNO2/c1-11(18)15-7-6-14(19-2)9-16(15)20-10-12-4-3-5-13(17)8-12/h3-9,11H,10,18H2,1-2H3/t11-/m0/s1. The van der Waals surface area contributed by atoms with Crippen LogP contribution in [0.1, 0.15) is 24.1 Å². The lowest BCUT2D eigenvalue weighted by atomic mass is 10.1. The molecule has 4 heteroatoms. The van der Waals surface area contributed by atoms with Gasteiger partial charge in [0.25, 0.3) is 0 Å². The van der Waals surface area contributed by atoms with Crippen LogP contribution in [0.25, 0.3) is 0 Å². The second-order valence-electron chi connectivity index (χ2n) is 4.61. The summed E-state index contributed by atoms with van der Waals surface area (Å²) >= 11 is 0. The fourth-order valence-corrected chi connectivity index (χ4v) is 1.93. The molecule has 0 aliphatic carbocycles. The summed E-state index contributed by atoms with van der Waals surface area (Å²) in [6, 6.07) is 11.7. The van der Waals surface area contributed by atoms with Gasteiger partial charge in [-0.1, -0.05) is 18.2 Å². The van der Waals surface area contributed by atoms with E-state index in [4.69, 9.17) is 15.2 Å². The largest absolute Gasteiger partial charge is 0.497 e. The number of hydrogen-bond acceptors (Lipinski definition) is 3. The minimum absolute atomic E-state index is 0.150. The van der Waals surface area contributed by atoms with E-state index in [0.717, 1.165) is 11.1 Å². The average molecular weight is 275 g/mol. The summed E-state index contributed by atoms with van der Waals surface area (Å²) in [5.41, 5.74) is 7.58. The highest BCUT2D eigenvalue weighted by atomic mass is 19.1. The smallest absolute Gasteiger partial charge is 0.128 e. The lowest BCUT2D eigenvalue weighted by molar-refractivity contribution is 0.298. The van der Waals surface area contributed by atoms with Gasteiger partial charge in [-0.15, -0.1) is 0 Å². The van der Waals surface area contributed by atoms with Crippen LogP contribution in [0.4, 0.5) is 4.39 Å². The van der Waals surface area contributed by atoms with Crippen molar-refractivity contribution in [1.29, 1.82) is 0 Å². The van der Waals surface area contributed by atoms with E-state index in [1.165, 1.54) is 12.1 Å². The second-order valence-corrected chi connectivity index (χ2v) is 4.61. The minimum atomic E-state index is -0.274. The first-order valence-electron chi connectivity index (χ1n) is 6.41. The Balaban J connectivity index is 2.19. The Hall–Kier alpha value is -2.07. The topological polar surface area (TPSA) is 44.5 Å². The first kappa shape index (κ1) is 14.3. The highest BCUT2D eigenvalue weighted by molar-refractivity contribution is 5.42. The van der Waals surface area contributed by atoms with E-state index < -0.39 is 0 Å². The van der Waals surface area contributed by atoms with Gasteiger partial charge in [0.1, 0.15) is 23.9 Å². The molecule has 0 aromatic heterocycles. The van der Waals surface area contributed by atoms with E-state index in [0.29, 0.717) is 11.5 Å². The zero-order valence-corrected chi connectivity index (χ0v) is 11.6. The normalized spacial score (nSPS) is 12.0. The zero-order valence-electron chi connectivity index (χ0n) is 11.6. The van der Waals surface area contributed by atoms with Crippen LogP contribution in [-0.2, 0) is 6.61 Å². The summed E-state index contributed by atoms with van der Waals surface area (Å²) in [6.07, 6.45) is 0. The molecular formula is C16H18FNO2. The van der Waals surface area contributed by atoms with Gasteiger partial charge in [-0.3, -0.25) is 0 Å². The third-order valence-corrected chi connectivity index (χ3v) is 2.99. The molecule has 2 aromatic rings. The van der Waals surface area contributed by atoms with Crippen molar-refractivity contribution in [2.24, 2.45) is 5.73 Å². The van der Waals surface area contributed by atoms with Gasteiger partial charge in [0.05, 0.1) is 7.11 Å². The molecule has 0 heterocycles. The van der Waals surface area contributed by atoms with Crippen molar-refractivity contribution in [3.63, 3.8) is 0 Å². The Morgan fingerprint density at radius 1 is 1.20 bits per heavy atom. The van der Waals surface area contributed by atoms with E-state index in [-0.39, 0.29) is 18.5 Å². The summed E-state index contributed by atoms with van der Waals surface area (Å²) in [4.78, 5) is 0. The van der Waals surface area contributed by atoms with Crippen LogP contribution in [0.3, 0.4) is 0 Å². The van der Waals surface area contributed by atoms with Gasteiger partial charge in [0, 0.05) is 17.7 Å². The van der Waals surface area contributed by atoms with E-state index in [1.807, 2.05) is 25.1 Å². The van der Waals surface area contributed by atoms with Gasteiger partial charge in [-0.05, 0) is 30.7 Å². The molecule has 0 bridgehead atoms. The van der Waals surface area contributed by atoms with Crippen LogP contribution >= 0.6 is 0 Å². The average Bonchev–Trinajstić information content (AvgIpc) is 2.44. The fourth-order valence-electron chi connectivity index (χ4n) is 1.93. The molecule has 1 atom stereocenters. The Labute approximate surface area is 118 Å². The lowest BCUT2D eigenvalue weighted by Crippen LogP contribution is -2.08. The van der Waals surface area contributed by atoms with Crippen LogP contribution < -0.4 is 15.2 Å². The number of nitrogens with two attached hydrogens (primary N) is 1. The molecule has 0 saturated heterocycles. The molecule has 2 N–H and O–H groups in total. The second kappa shape index (κ2) is 6.39. The maximum absolute atomic E-state index is 13.1. The van der Waals surface area contributed by atoms with Crippen molar-refractivity contribution < 1.29 is 13.9 Å². The summed E-state index contributed by atoms with van der Waals surface area (Å²) in [7, 11) is 1.59. The molecule has 0 radical (unpaired) electrons. The number of halogens is 1. The molecule has 0 aliphatic rings. The molecule has 0 aliphatic heterocycles. The van der Waals surface area contributed by atoms with Crippen molar-refractivity contribution in [1.82, 2.24) is 0 Å². The molecule has 0 saturated carbocycles. The minimum Gasteiger partial charge on any atom is -0.497 e. The molecular weight excluding hydrogens is 257 g/mol. The predicted molar refractivity (Wildman–Crippen MR) is 76.3 cm³/mol. The zero-order chi connectivity index (χ0) is 14.5. The summed E-state index contributed by atoms with van der Waals surface area (Å²) < 4.78 is 24.1. The highest BCUT2D eigenvalue weighted by Gasteiger charge is 2.10. The Morgan fingerprint density at radius 2 is 2.00 bits per heavy atom. The quantitative estimate of drug-likeness (QED) is 0.909. The summed E-state index contributed by atoms with van der Waals surface area (Å²) in [5.74, 6) is 1.08. The number of rotatable bonds is 5. The third-order valence-electron chi connectivity index (χ3n) is 2.99. The Bertz CT molecular complexity index is 584. The van der Waals surface area contributed by atoms with E-state index in [2.05, 4.69) is 0 Å². The summed E-state index contributed by atoms with van der Waals surface area (Å²) in [5, 5.41) is 0. The number of methoxy groups -OCH3 is 1. The molecule has 106 valence electrons. The molecule has 0 spiro atoms. The van der Waals surface area contributed by atoms with Gasteiger partial charge in [-0.2, -0.15) is 0 Å². The van der Waals surface area contributed by atoms with E-state index in [9.17, 15) is 4.39 Å². The molecule has 20 heavy (non-hydrogen) atoms. The molecule has 0 amide bonds. The van der Waals surface area contributed by atoms with Crippen LogP contribution in [0, 0.1) is 5.82 Å². The van der Waals surface area contributed by atoms with Crippen LogP contribution in [0.2, 0.25) is 0 Å². The number of ether oxygens (including phenoxy) is 2. The van der Waals surface area contributed by atoms with Gasteiger partial charge in [-0.25, -0.2) is 4.39 Å². The molecule has 0 fully saturated rings. The molecule has 2 rings (SSSR count). The van der Waals surface area contributed by atoms with Crippen molar-refractivity contribution in [3.8, 4) is 11.5 Å². The first-order valence-corrected chi connectivity index (χ1v) is 6.41. The van der Waals surface area contributed by atoms with Crippen LogP contribution in [-0.4, -0.2) is 7.11 Å². The molecule has 0 unspecified atom stereocenters. The van der Waals surface area contributed by atoms with Gasteiger partial charge < -0.3 is 15.2 Å².